The number of hydrogen-bond acceptors (Lipinski definition) is 1. The summed E-state index contributed by atoms with van der Waals surface area (Å²) in [5, 5.41) is 9.15. The molecule has 0 amide bonds. The molecule has 0 fully saturated rings. The van der Waals surface area contributed by atoms with Crippen molar-refractivity contribution in [1.29, 1.82) is 0 Å². The van der Waals surface area contributed by atoms with Gasteiger partial charge in [-0.15, -0.1) is 0 Å². The molecule has 1 aromatic carbocycles. The van der Waals surface area contributed by atoms with Crippen LogP contribution in [0.1, 0.15) is 11.1 Å². The van der Waals surface area contributed by atoms with E-state index in [1.807, 2.05) is 19.1 Å². The van der Waals surface area contributed by atoms with Gasteiger partial charge in [-0.05, 0) is 24.6 Å². The number of hydrogen-bond donors (Lipinski definition) is 1. The average molecular weight is 181 g/mol. The lowest BCUT2D eigenvalue weighted by Crippen LogP contribution is -1.82. The van der Waals surface area contributed by atoms with Gasteiger partial charge in [0.05, 0.1) is 0 Å². The van der Waals surface area contributed by atoms with Gasteiger partial charge in [0, 0.05) is 10.6 Å². The van der Waals surface area contributed by atoms with E-state index in [9.17, 15) is 0 Å². The van der Waals surface area contributed by atoms with Crippen LogP contribution in [0.5, 0.6) is 0 Å². The van der Waals surface area contributed by atoms with Gasteiger partial charge in [0.25, 0.3) is 0 Å². The largest absolute Gasteiger partial charge is 0.384 e. The second kappa shape index (κ2) is 4.15. The van der Waals surface area contributed by atoms with Crippen LogP contribution in [0.25, 0.3) is 0 Å². The Morgan fingerprint density at radius 3 is 2.92 bits per heavy atom. The molecule has 2 heteroatoms. The van der Waals surface area contributed by atoms with E-state index < -0.39 is 0 Å². The SMILES string of the molecule is Cc1ccc(Cl)cc1C#CCO. The van der Waals surface area contributed by atoms with Crippen LogP contribution in [0.4, 0.5) is 0 Å². The Labute approximate surface area is 77.0 Å². The summed E-state index contributed by atoms with van der Waals surface area (Å²) in [6, 6.07) is 5.52. The molecule has 62 valence electrons. The van der Waals surface area contributed by atoms with E-state index in [0.717, 1.165) is 11.1 Å². The molecule has 1 N–H and O–H groups in total. The fraction of sp³-hybridized carbons (Fsp3) is 0.200. The first-order chi connectivity index (χ1) is 5.74. The van der Waals surface area contributed by atoms with Crippen molar-refractivity contribution in [2.75, 3.05) is 6.61 Å². The third-order valence-corrected chi connectivity index (χ3v) is 1.74. The van der Waals surface area contributed by atoms with E-state index in [1.54, 1.807) is 6.07 Å². The Morgan fingerprint density at radius 2 is 2.25 bits per heavy atom. The van der Waals surface area contributed by atoms with Gasteiger partial charge >= 0.3 is 0 Å². The standard InChI is InChI=1S/C10H9ClO/c1-8-4-5-10(11)7-9(8)3-2-6-12/h4-5,7,12H,6H2,1H3. The first-order valence-electron chi connectivity index (χ1n) is 3.60. The summed E-state index contributed by atoms with van der Waals surface area (Å²) in [4.78, 5) is 0. The van der Waals surface area contributed by atoms with E-state index in [1.165, 1.54) is 0 Å². The highest BCUT2D eigenvalue weighted by atomic mass is 35.5. The number of aliphatic hydroxyl groups excluding tert-OH is 1. The molecule has 0 aliphatic carbocycles. The zero-order chi connectivity index (χ0) is 8.97. The van der Waals surface area contributed by atoms with Crippen LogP contribution < -0.4 is 0 Å². The first-order valence-corrected chi connectivity index (χ1v) is 3.97. The van der Waals surface area contributed by atoms with Gasteiger partial charge < -0.3 is 5.11 Å². The van der Waals surface area contributed by atoms with Crippen molar-refractivity contribution in [3.8, 4) is 11.8 Å². The number of benzene rings is 1. The highest BCUT2D eigenvalue weighted by Gasteiger charge is 1.94. The summed E-state index contributed by atoms with van der Waals surface area (Å²) < 4.78 is 0. The summed E-state index contributed by atoms with van der Waals surface area (Å²) in [5.74, 6) is 5.40. The Hall–Kier alpha value is -0.970. The fourth-order valence-electron chi connectivity index (χ4n) is 0.864. The molecule has 0 radical (unpaired) electrons. The van der Waals surface area contributed by atoms with Crippen molar-refractivity contribution in [2.45, 2.75) is 6.92 Å². The van der Waals surface area contributed by atoms with Crippen LogP contribution >= 0.6 is 11.6 Å². The molecule has 0 aromatic heterocycles. The van der Waals surface area contributed by atoms with E-state index >= 15 is 0 Å². The minimum Gasteiger partial charge on any atom is -0.384 e. The van der Waals surface area contributed by atoms with E-state index in [0.29, 0.717) is 5.02 Å². The van der Waals surface area contributed by atoms with Crippen LogP contribution in [0, 0.1) is 18.8 Å². The highest BCUT2D eigenvalue weighted by molar-refractivity contribution is 6.30. The van der Waals surface area contributed by atoms with Gasteiger partial charge in [-0.3, -0.25) is 0 Å². The Morgan fingerprint density at radius 1 is 1.50 bits per heavy atom. The molecule has 0 atom stereocenters. The molecular formula is C10H9ClO. The molecule has 0 unspecified atom stereocenters. The maximum absolute atomic E-state index is 8.48. The molecule has 0 heterocycles. The van der Waals surface area contributed by atoms with Gasteiger partial charge in [0.1, 0.15) is 6.61 Å². The third-order valence-electron chi connectivity index (χ3n) is 1.50. The fourth-order valence-corrected chi connectivity index (χ4v) is 1.04. The van der Waals surface area contributed by atoms with Gasteiger partial charge in [0.15, 0.2) is 0 Å². The van der Waals surface area contributed by atoms with Crippen molar-refractivity contribution in [3.63, 3.8) is 0 Å². The lowest BCUT2D eigenvalue weighted by Gasteiger charge is -1.97. The van der Waals surface area contributed by atoms with Crippen LogP contribution in [0.15, 0.2) is 18.2 Å². The number of rotatable bonds is 0. The van der Waals surface area contributed by atoms with E-state index in [-0.39, 0.29) is 6.61 Å². The molecule has 0 bridgehead atoms. The minimum absolute atomic E-state index is 0.119. The highest BCUT2D eigenvalue weighted by Crippen LogP contribution is 2.13. The van der Waals surface area contributed by atoms with Crippen LogP contribution in [0.2, 0.25) is 5.02 Å². The van der Waals surface area contributed by atoms with Crippen molar-refractivity contribution >= 4 is 11.6 Å². The predicted molar refractivity (Wildman–Crippen MR) is 50.2 cm³/mol. The van der Waals surface area contributed by atoms with E-state index in [2.05, 4.69) is 11.8 Å². The van der Waals surface area contributed by atoms with Crippen LogP contribution in [-0.2, 0) is 0 Å². The number of halogens is 1. The summed E-state index contributed by atoms with van der Waals surface area (Å²) in [5.41, 5.74) is 1.94. The molecule has 1 rings (SSSR count). The smallest absolute Gasteiger partial charge is 0.104 e. The van der Waals surface area contributed by atoms with Gasteiger partial charge in [0.2, 0.25) is 0 Å². The second-order valence-corrected chi connectivity index (χ2v) is 2.86. The van der Waals surface area contributed by atoms with Gasteiger partial charge in [-0.25, -0.2) is 0 Å². The lowest BCUT2D eigenvalue weighted by atomic mass is 10.1. The molecule has 0 saturated carbocycles. The minimum atomic E-state index is -0.119. The maximum atomic E-state index is 8.48. The Balaban J connectivity index is 3.05. The monoisotopic (exact) mass is 180 g/mol. The van der Waals surface area contributed by atoms with Crippen molar-refractivity contribution in [3.05, 3.63) is 34.3 Å². The quantitative estimate of drug-likeness (QED) is 0.606. The molecular weight excluding hydrogens is 172 g/mol. The topological polar surface area (TPSA) is 20.2 Å². The average Bonchev–Trinajstić information content (AvgIpc) is 2.07. The summed E-state index contributed by atoms with van der Waals surface area (Å²) >= 11 is 5.77. The van der Waals surface area contributed by atoms with Crippen LogP contribution in [0.3, 0.4) is 0 Å². The molecule has 12 heavy (non-hydrogen) atoms. The summed E-state index contributed by atoms with van der Waals surface area (Å²) in [7, 11) is 0. The van der Waals surface area contributed by atoms with Crippen LogP contribution in [-0.4, -0.2) is 11.7 Å². The molecule has 1 aromatic rings. The van der Waals surface area contributed by atoms with Gasteiger partial charge in [-0.2, -0.15) is 0 Å². The zero-order valence-corrected chi connectivity index (χ0v) is 7.52. The van der Waals surface area contributed by atoms with Crippen molar-refractivity contribution < 1.29 is 5.11 Å². The second-order valence-electron chi connectivity index (χ2n) is 2.42. The number of aryl methyl sites for hydroxylation is 1. The number of aliphatic hydroxyl groups is 1. The Bertz CT molecular complexity index is 333. The molecule has 0 aliphatic rings. The van der Waals surface area contributed by atoms with Crippen molar-refractivity contribution in [2.24, 2.45) is 0 Å². The maximum Gasteiger partial charge on any atom is 0.104 e. The van der Waals surface area contributed by atoms with Gasteiger partial charge in [-0.1, -0.05) is 29.5 Å². The van der Waals surface area contributed by atoms with Crippen molar-refractivity contribution in [1.82, 2.24) is 0 Å². The first kappa shape index (κ1) is 9.12. The predicted octanol–water partition coefficient (Wildman–Crippen LogP) is 1.99. The summed E-state index contributed by atoms with van der Waals surface area (Å²) in [6.45, 7) is 1.84. The normalized spacial score (nSPS) is 8.92. The van der Waals surface area contributed by atoms with E-state index in [4.69, 9.17) is 16.7 Å². The molecule has 0 saturated heterocycles. The third kappa shape index (κ3) is 2.27. The Kier molecular flexibility index (Phi) is 3.16. The molecule has 1 nitrogen and oxygen atoms in total. The molecule has 0 aliphatic heterocycles. The molecule has 0 spiro atoms. The lowest BCUT2D eigenvalue weighted by molar-refractivity contribution is 0.350. The zero-order valence-electron chi connectivity index (χ0n) is 6.76. The summed E-state index contributed by atoms with van der Waals surface area (Å²) in [6.07, 6.45) is 0.